The van der Waals surface area contributed by atoms with Crippen LogP contribution in [-0.2, 0) is 4.79 Å². The first-order valence-electron chi connectivity index (χ1n) is 7.06. The third-order valence-corrected chi connectivity index (χ3v) is 3.04. The van der Waals surface area contributed by atoms with Gasteiger partial charge in [0.05, 0.1) is 27.0 Å². The van der Waals surface area contributed by atoms with Gasteiger partial charge >= 0.3 is 0 Å². The third-order valence-electron chi connectivity index (χ3n) is 3.04. The van der Waals surface area contributed by atoms with Crippen molar-refractivity contribution >= 4 is 17.8 Å². The molecule has 0 spiro atoms. The summed E-state index contributed by atoms with van der Waals surface area (Å²) in [7, 11) is 3.14. The molecular formula is C17H19N3O3. The van der Waals surface area contributed by atoms with Gasteiger partial charge in [0.25, 0.3) is 5.91 Å². The zero-order chi connectivity index (χ0) is 16.5. The SMILES string of the molecule is COc1ccc(/C=N\NC(=O)CNc2ccccc2)cc1OC. The van der Waals surface area contributed by atoms with Crippen LogP contribution in [0.1, 0.15) is 5.56 Å². The number of rotatable bonds is 7. The summed E-state index contributed by atoms with van der Waals surface area (Å²) in [6.45, 7) is 0.146. The van der Waals surface area contributed by atoms with Crippen molar-refractivity contribution in [3.63, 3.8) is 0 Å². The van der Waals surface area contributed by atoms with E-state index in [1.54, 1.807) is 32.6 Å². The van der Waals surface area contributed by atoms with Gasteiger partial charge in [0, 0.05) is 5.69 Å². The number of benzene rings is 2. The minimum atomic E-state index is -0.231. The van der Waals surface area contributed by atoms with Crippen molar-refractivity contribution in [3.8, 4) is 11.5 Å². The van der Waals surface area contributed by atoms with E-state index in [0.717, 1.165) is 11.3 Å². The van der Waals surface area contributed by atoms with E-state index < -0.39 is 0 Å². The molecule has 0 saturated carbocycles. The zero-order valence-electron chi connectivity index (χ0n) is 13.1. The highest BCUT2D eigenvalue weighted by Gasteiger charge is 2.03. The van der Waals surface area contributed by atoms with Gasteiger partial charge in [-0.25, -0.2) is 5.43 Å². The Labute approximate surface area is 135 Å². The average molecular weight is 313 g/mol. The average Bonchev–Trinajstić information content (AvgIpc) is 2.60. The molecule has 0 bridgehead atoms. The summed E-state index contributed by atoms with van der Waals surface area (Å²) >= 11 is 0. The number of carbonyl (C=O) groups excluding carboxylic acids is 1. The Hall–Kier alpha value is -3.02. The summed E-state index contributed by atoms with van der Waals surface area (Å²) in [6, 6.07) is 14.9. The quantitative estimate of drug-likeness (QED) is 0.607. The lowest BCUT2D eigenvalue weighted by Crippen LogP contribution is -2.25. The van der Waals surface area contributed by atoms with Gasteiger partial charge in [-0.1, -0.05) is 18.2 Å². The molecule has 120 valence electrons. The molecule has 0 radical (unpaired) electrons. The largest absolute Gasteiger partial charge is 0.493 e. The molecule has 23 heavy (non-hydrogen) atoms. The maximum atomic E-state index is 11.7. The van der Waals surface area contributed by atoms with Crippen LogP contribution < -0.4 is 20.2 Å². The van der Waals surface area contributed by atoms with Crippen LogP contribution in [0.2, 0.25) is 0 Å². The summed E-state index contributed by atoms with van der Waals surface area (Å²) in [5, 5.41) is 6.93. The number of para-hydroxylation sites is 1. The molecule has 0 fully saturated rings. The Morgan fingerprint density at radius 2 is 1.83 bits per heavy atom. The van der Waals surface area contributed by atoms with Crippen molar-refractivity contribution in [3.05, 3.63) is 54.1 Å². The molecule has 2 aromatic carbocycles. The number of nitrogens with one attached hydrogen (secondary N) is 2. The Morgan fingerprint density at radius 1 is 1.09 bits per heavy atom. The second-order valence-electron chi connectivity index (χ2n) is 4.63. The number of ether oxygens (including phenoxy) is 2. The highest BCUT2D eigenvalue weighted by Crippen LogP contribution is 2.26. The predicted octanol–water partition coefficient (Wildman–Crippen LogP) is 2.27. The monoisotopic (exact) mass is 313 g/mol. The van der Waals surface area contributed by atoms with Crippen molar-refractivity contribution in [1.82, 2.24) is 5.43 Å². The Balaban J connectivity index is 1.85. The first-order chi connectivity index (χ1) is 11.2. The lowest BCUT2D eigenvalue weighted by Gasteiger charge is -2.07. The topological polar surface area (TPSA) is 72.0 Å². The minimum Gasteiger partial charge on any atom is -0.493 e. The van der Waals surface area contributed by atoms with E-state index in [-0.39, 0.29) is 12.5 Å². The standard InChI is InChI=1S/C17H19N3O3/c1-22-15-9-8-13(10-16(15)23-2)11-19-20-17(21)12-18-14-6-4-3-5-7-14/h3-11,18H,12H2,1-2H3,(H,20,21)/b19-11-. The minimum absolute atomic E-state index is 0.146. The molecule has 0 aliphatic rings. The van der Waals surface area contributed by atoms with Crippen molar-refractivity contribution < 1.29 is 14.3 Å². The second kappa shape index (κ2) is 8.43. The van der Waals surface area contributed by atoms with Crippen LogP contribution in [0.15, 0.2) is 53.6 Å². The van der Waals surface area contributed by atoms with E-state index in [1.165, 1.54) is 0 Å². The lowest BCUT2D eigenvalue weighted by molar-refractivity contribution is -0.119. The van der Waals surface area contributed by atoms with Gasteiger partial charge < -0.3 is 14.8 Å². The summed E-state index contributed by atoms with van der Waals surface area (Å²) in [5.41, 5.74) is 4.14. The van der Waals surface area contributed by atoms with Gasteiger partial charge in [0.2, 0.25) is 0 Å². The van der Waals surface area contributed by atoms with Gasteiger partial charge in [-0.2, -0.15) is 5.10 Å². The van der Waals surface area contributed by atoms with E-state index in [2.05, 4.69) is 15.8 Å². The normalized spacial score (nSPS) is 10.3. The number of amides is 1. The van der Waals surface area contributed by atoms with Crippen LogP contribution in [0.4, 0.5) is 5.69 Å². The number of methoxy groups -OCH3 is 2. The van der Waals surface area contributed by atoms with Crippen molar-refractivity contribution in [2.24, 2.45) is 5.10 Å². The fourth-order valence-electron chi connectivity index (χ4n) is 1.89. The van der Waals surface area contributed by atoms with Gasteiger partial charge in [-0.15, -0.1) is 0 Å². The molecule has 1 amide bonds. The summed E-state index contributed by atoms with van der Waals surface area (Å²) in [4.78, 5) is 11.7. The molecule has 0 unspecified atom stereocenters. The summed E-state index contributed by atoms with van der Waals surface area (Å²) < 4.78 is 10.4. The fourth-order valence-corrected chi connectivity index (χ4v) is 1.89. The lowest BCUT2D eigenvalue weighted by atomic mass is 10.2. The molecule has 0 saturated heterocycles. The van der Waals surface area contributed by atoms with Crippen LogP contribution in [-0.4, -0.2) is 32.9 Å². The highest BCUT2D eigenvalue weighted by atomic mass is 16.5. The number of nitrogens with zero attached hydrogens (tertiary/aromatic N) is 1. The molecule has 0 heterocycles. The van der Waals surface area contributed by atoms with E-state index in [9.17, 15) is 4.79 Å². The molecule has 0 atom stereocenters. The molecule has 2 N–H and O–H groups in total. The maximum absolute atomic E-state index is 11.7. The fraction of sp³-hybridized carbons (Fsp3) is 0.176. The molecule has 2 rings (SSSR count). The van der Waals surface area contributed by atoms with Crippen LogP contribution >= 0.6 is 0 Å². The van der Waals surface area contributed by atoms with Gasteiger partial charge in [0.1, 0.15) is 0 Å². The summed E-state index contributed by atoms with van der Waals surface area (Å²) in [5.74, 6) is 1.01. The van der Waals surface area contributed by atoms with E-state index in [0.29, 0.717) is 11.5 Å². The van der Waals surface area contributed by atoms with E-state index in [4.69, 9.17) is 9.47 Å². The zero-order valence-corrected chi connectivity index (χ0v) is 13.1. The molecule has 2 aromatic rings. The number of anilines is 1. The Kier molecular flexibility index (Phi) is 5.99. The van der Waals surface area contributed by atoms with Gasteiger partial charge in [-0.3, -0.25) is 4.79 Å². The van der Waals surface area contributed by atoms with Crippen molar-refractivity contribution in [2.45, 2.75) is 0 Å². The van der Waals surface area contributed by atoms with Crippen LogP contribution in [0.5, 0.6) is 11.5 Å². The molecule has 0 aliphatic carbocycles. The maximum Gasteiger partial charge on any atom is 0.259 e. The van der Waals surface area contributed by atoms with Crippen LogP contribution in [0.3, 0.4) is 0 Å². The Bertz CT molecular complexity index is 672. The van der Waals surface area contributed by atoms with Gasteiger partial charge in [0.15, 0.2) is 11.5 Å². The molecule has 0 aromatic heterocycles. The molecular weight excluding hydrogens is 294 g/mol. The molecule has 6 heteroatoms. The predicted molar refractivity (Wildman–Crippen MR) is 90.2 cm³/mol. The summed E-state index contributed by atoms with van der Waals surface area (Å²) in [6.07, 6.45) is 1.54. The smallest absolute Gasteiger partial charge is 0.259 e. The Morgan fingerprint density at radius 3 is 2.52 bits per heavy atom. The molecule has 6 nitrogen and oxygen atoms in total. The van der Waals surface area contributed by atoms with Crippen LogP contribution in [0, 0.1) is 0 Å². The van der Waals surface area contributed by atoms with E-state index >= 15 is 0 Å². The number of hydrogen-bond acceptors (Lipinski definition) is 5. The van der Waals surface area contributed by atoms with Crippen LogP contribution in [0.25, 0.3) is 0 Å². The van der Waals surface area contributed by atoms with E-state index in [1.807, 2.05) is 36.4 Å². The first-order valence-corrected chi connectivity index (χ1v) is 7.06. The third kappa shape index (κ3) is 5.03. The number of hydrazone groups is 1. The van der Waals surface area contributed by atoms with Crippen molar-refractivity contribution in [2.75, 3.05) is 26.1 Å². The second-order valence-corrected chi connectivity index (χ2v) is 4.63. The molecule has 0 aliphatic heterocycles. The number of hydrogen-bond donors (Lipinski definition) is 2. The number of carbonyl (C=O) groups is 1. The highest BCUT2D eigenvalue weighted by molar-refractivity contribution is 5.84. The first kappa shape index (κ1) is 16.4. The van der Waals surface area contributed by atoms with Crippen molar-refractivity contribution in [1.29, 1.82) is 0 Å². The van der Waals surface area contributed by atoms with Gasteiger partial charge in [-0.05, 0) is 35.9 Å².